The Bertz CT molecular complexity index is 2330. The maximum Gasteiger partial charge on any atom is 0.331 e. The van der Waals surface area contributed by atoms with Crippen molar-refractivity contribution in [1.82, 2.24) is 5.32 Å². The summed E-state index contributed by atoms with van der Waals surface area (Å²) in [5.74, 6) is -1.27. The van der Waals surface area contributed by atoms with Crippen LogP contribution in [0, 0.1) is 29.6 Å². The molecular weight excluding hydrogens is 1120 g/mol. The molecule has 1 aliphatic rings. The Morgan fingerprint density at radius 1 is 0.557 bits per heavy atom. The van der Waals surface area contributed by atoms with Crippen molar-refractivity contribution in [2.75, 3.05) is 13.1 Å². The summed E-state index contributed by atoms with van der Waals surface area (Å²) in [7, 11) is 0. The third kappa shape index (κ3) is 41.0. The second kappa shape index (κ2) is 49.3. The Morgan fingerprint density at radius 2 is 1.05 bits per heavy atom. The van der Waals surface area contributed by atoms with Gasteiger partial charge in [-0.3, -0.25) is 9.79 Å². The van der Waals surface area contributed by atoms with Gasteiger partial charge in [-0.05, 0) is 83.0 Å². The van der Waals surface area contributed by atoms with Gasteiger partial charge in [0.05, 0.1) is 67.1 Å². The summed E-state index contributed by atoms with van der Waals surface area (Å²) in [5, 5.41) is 138. The number of Topliss-reactive ketones (excluding diaryl/α,β-unsaturated/α-hetero) is 1. The van der Waals surface area contributed by atoms with Crippen LogP contribution >= 0.6 is 0 Å². The van der Waals surface area contributed by atoms with Gasteiger partial charge in [-0.15, -0.1) is 0 Å². The number of nitrogens with one attached hydrogen (secondary N) is 1. The van der Waals surface area contributed by atoms with Gasteiger partial charge in [0, 0.05) is 55.7 Å². The van der Waals surface area contributed by atoms with Crippen LogP contribution in [-0.2, 0) is 9.59 Å². The number of allylic oxidation sites excluding steroid dienone is 16. The van der Waals surface area contributed by atoms with E-state index in [1.807, 2.05) is 31.2 Å². The third-order valence-corrected chi connectivity index (χ3v) is 15.5. The van der Waals surface area contributed by atoms with E-state index in [2.05, 4.69) is 17.2 Å². The van der Waals surface area contributed by atoms with E-state index < -0.39 is 96.8 Å². The Labute approximate surface area is 524 Å². The highest BCUT2D eigenvalue weighted by Crippen LogP contribution is 2.31. The second-order valence-corrected chi connectivity index (χ2v) is 23.5. The smallest absolute Gasteiger partial charge is 0.331 e. The molecule has 17 atom stereocenters. The summed E-state index contributed by atoms with van der Waals surface area (Å²) in [6, 6.07) is 0. The van der Waals surface area contributed by atoms with Crippen molar-refractivity contribution >= 4 is 17.7 Å². The molecule has 0 spiro atoms. The summed E-state index contributed by atoms with van der Waals surface area (Å²) in [5.41, 5.74) is 6.26. The van der Waals surface area contributed by atoms with Gasteiger partial charge in [0.15, 0.2) is 11.7 Å². The Hall–Kier alpha value is -5.45. The summed E-state index contributed by atoms with van der Waals surface area (Å²) in [6.45, 7) is 10.3. The molecule has 0 radical (unpaired) electrons. The van der Waals surface area contributed by atoms with Gasteiger partial charge in [0.25, 0.3) is 0 Å². The molecule has 16 N–H and O–H groups in total. The average Bonchev–Trinajstić information content (AvgIpc) is 3.48. The molecule has 0 saturated heterocycles. The zero-order chi connectivity index (χ0) is 65.7. The van der Waals surface area contributed by atoms with Crippen LogP contribution in [0.2, 0.25) is 0 Å². The number of hydrogen-bond donors (Lipinski definition) is 15. The summed E-state index contributed by atoms with van der Waals surface area (Å²) < 4.78 is 0. The van der Waals surface area contributed by atoms with Crippen molar-refractivity contribution in [3.05, 3.63) is 157 Å². The van der Waals surface area contributed by atoms with E-state index in [0.717, 1.165) is 37.6 Å². The number of unbranched alkanes of at least 4 members (excludes halogenated alkanes) is 1. The number of aliphatic hydroxyl groups excluding tert-OH is 12. The van der Waals surface area contributed by atoms with E-state index in [1.54, 1.807) is 92.0 Å². The SMILES string of the molecule is C\C(=C/C=C/C=C/CC/C=C/C(C)C(O)C(C)C(O)/C=C/C=C/C=C/C=C/C=C/C=C\C(O)C(C)C(=O)C(O)CC(O)/C=C/CC(O)CC(O)CC(O)/C=C/CC(O)CC(O)/C=C/CC(O)CC(O)CCCN=C(N)NCCC1CCCCC1C)C(=O)O. The van der Waals surface area contributed by atoms with E-state index in [9.17, 15) is 70.9 Å². The Balaban J connectivity index is 2.31. The summed E-state index contributed by atoms with van der Waals surface area (Å²) >= 11 is 0. The fourth-order valence-corrected chi connectivity index (χ4v) is 9.73. The van der Waals surface area contributed by atoms with E-state index in [-0.39, 0.29) is 62.9 Å². The first-order chi connectivity index (χ1) is 41.9. The van der Waals surface area contributed by atoms with Crippen molar-refractivity contribution in [3.63, 3.8) is 0 Å². The van der Waals surface area contributed by atoms with Crippen LogP contribution in [0.5, 0.6) is 0 Å². The molecule has 0 heterocycles. The summed E-state index contributed by atoms with van der Waals surface area (Å²) in [6.07, 6.45) is 38.5. The molecule has 1 aliphatic carbocycles. The van der Waals surface area contributed by atoms with Crippen molar-refractivity contribution in [1.29, 1.82) is 0 Å². The number of guanidine groups is 1. The number of carbonyl (C=O) groups is 2. The van der Waals surface area contributed by atoms with E-state index in [1.165, 1.54) is 82.1 Å². The highest BCUT2D eigenvalue weighted by Gasteiger charge is 2.28. The largest absolute Gasteiger partial charge is 0.478 e. The van der Waals surface area contributed by atoms with E-state index in [0.29, 0.717) is 25.3 Å². The van der Waals surface area contributed by atoms with Crippen LogP contribution < -0.4 is 11.1 Å². The highest BCUT2D eigenvalue weighted by molar-refractivity contribution is 5.86. The maximum absolute atomic E-state index is 12.8. The topological polar surface area (TPSA) is 348 Å². The van der Waals surface area contributed by atoms with Crippen molar-refractivity contribution in [2.24, 2.45) is 40.3 Å². The molecular formula is C70H111N3O15. The average molecular weight is 1230 g/mol. The Morgan fingerprint density at radius 3 is 1.61 bits per heavy atom. The van der Waals surface area contributed by atoms with Crippen LogP contribution in [0.15, 0.2) is 162 Å². The Kier molecular flexibility index (Phi) is 45.2. The molecule has 0 aromatic heterocycles. The molecule has 0 bridgehead atoms. The number of aliphatic hydroxyl groups is 12. The molecule has 17 unspecified atom stereocenters. The minimum Gasteiger partial charge on any atom is -0.478 e. The number of aliphatic carboxylic acids is 1. The molecule has 18 heteroatoms. The number of aliphatic imine (C=N–C) groups is 1. The quantitative estimate of drug-likeness (QED) is 0.00709. The first kappa shape index (κ1) is 80.6. The zero-order valence-electron chi connectivity index (χ0n) is 52.8. The number of rotatable bonds is 46. The minimum atomic E-state index is -1.57. The predicted octanol–water partition coefficient (Wildman–Crippen LogP) is 7.30. The first-order valence-electron chi connectivity index (χ1n) is 31.6. The monoisotopic (exact) mass is 1230 g/mol. The first-order valence-corrected chi connectivity index (χ1v) is 31.6. The van der Waals surface area contributed by atoms with Crippen LogP contribution in [0.25, 0.3) is 0 Å². The standard InChI is InChI=1S/C70H111N3O15/c1-50-29-23-24-32-55(50)42-44-73-70(71)72-43-28-39-61(79)46-58(76)34-25-33-56(74)45-57(75)35-26-36-59(77)47-63(81)48-60(78)37-27-38-62(80)49-66(84)68(86)54(5)65(83)41-22-18-14-9-7-6-8-13-17-21-40-64(82)53(4)67(85)51(2)30-19-15-11-10-12-16-20-31-52(3)69(87)88/h6-10,12-14,16-22,25-27,30-31,33,36,38,40-41,50-51,53-67,74-85H,11,15,23-24,28-29,32,34-35,37,39,42-49H2,1-5H3,(H,87,88)(H3,71,72,73)/b8-6+,9-7+,12-10+,17-13+,18-14+,20-16+,30-19+,33-25+,36-26+,38-27+,40-21+,41-22-,52-31+. The van der Waals surface area contributed by atoms with Crippen LogP contribution in [-0.4, -0.2) is 170 Å². The van der Waals surface area contributed by atoms with Crippen molar-refractivity contribution < 1.29 is 76.0 Å². The van der Waals surface area contributed by atoms with Gasteiger partial charge in [-0.2, -0.15) is 0 Å². The lowest BCUT2D eigenvalue weighted by Gasteiger charge is -2.28. The van der Waals surface area contributed by atoms with Crippen LogP contribution in [0.3, 0.4) is 0 Å². The molecule has 18 nitrogen and oxygen atoms in total. The van der Waals surface area contributed by atoms with Gasteiger partial charge in [-0.25, -0.2) is 4.79 Å². The zero-order valence-corrected chi connectivity index (χ0v) is 52.8. The lowest BCUT2D eigenvalue weighted by atomic mass is 9.79. The highest BCUT2D eigenvalue weighted by atomic mass is 16.4. The van der Waals surface area contributed by atoms with Gasteiger partial charge < -0.3 is 77.4 Å². The number of nitrogens with zero attached hydrogens (tertiary/aromatic N) is 1. The van der Waals surface area contributed by atoms with E-state index in [4.69, 9.17) is 10.8 Å². The summed E-state index contributed by atoms with van der Waals surface area (Å²) in [4.78, 5) is 28.0. The lowest BCUT2D eigenvalue weighted by Crippen LogP contribution is -2.35. The third-order valence-electron chi connectivity index (χ3n) is 15.5. The fraction of sp³-hybridized carbons (Fsp3) is 0.586. The molecule has 0 amide bonds. The van der Waals surface area contributed by atoms with Gasteiger partial charge in [-0.1, -0.05) is 205 Å². The number of hydrogen-bond acceptors (Lipinski definition) is 15. The second-order valence-electron chi connectivity index (χ2n) is 23.5. The molecule has 1 saturated carbocycles. The predicted molar refractivity (Wildman–Crippen MR) is 351 cm³/mol. The molecule has 1 fully saturated rings. The van der Waals surface area contributed by atoms with Gasteiger partial charge in [0.1, 0.15) is 6.10 Å². The maximum atomic E-state index is 12.8. The van der Waals surface area contributed by atoms with Gasteiger partial charge in [0.2, 0.25) is 0 Å². The van der Waals surface area contributed by atoms with Crippen LogP contribution in [0.1, 0.15) is 144 Å². The number of carbonyl (C=O) groups excluding carboxylic acids is 1. The number of ketones is 1. The minimum absolute atomic E-state index is 0.00528. The van der Waals surface area contributed by atoms with Crippen molar-refractivity contribution in [2.45, 2.75) is 217 Å². The molecule has 496 valence electrons. The molecule has 1 rings (SSSR count). The normalized spacial score (nSPS) is 21.5. The fourth-order valence-electron chi connectivity index (χ4n) is 9.73. The molecule has 0 aliphatic heterocycles. The van der Waals surface area contributed by atoms with Crippen LogP contribution in [0.4, 0.5) is 0 Å². The van der Waals surface area contributed by atoms with Crippen molar-refractivity contribution in [3.8, 4) is 0 Å². The number of carboxylic acid groups (broad SMARTS) is 1. The van der Waals surface area contributed by atoms with E-state index >= 15 is 0 Å². The molecule has 0 aromatic carbocycles. The lowest BCUT2D eigenvalue weighted by molar-refractivity contribution is -0.134. The van der Waals surface area contributed by atoms with Gasteiger partial charge >= 0.3 is 5.97 Å². The molecule has 88 heavy (non-hydrogen) atoms. The number of carboxylic acids is 1. The number of nitrogens with two attached hydrogens (primary N) is 1. The molecule has 0 aromatic rings.